The zero-order valence-corrected chi connectivity index (χ0v) is 11.2. The summed E-state index contributed by atoms with van der Waals surface area (Å²) in [6.07, 6.45) is 3.58. The third kappa shape index (κ3) is 2.50. The summed E-state index contributed by atoms with van der Waals surface area (Å²) in [7, 11) is 0. The van der Waals surface area contributed by atoms with E-state index in [0.717, 1.165) is 10.9 Å². The lowest BCUT2D eigenvalue weighted by Crippen LogP contribution is -2.40. The molecule has 0 bridgehead atoms. The Morgan fingerprint density at radius 3 is 3.10 bits per heavy atom. The Balaban J connectivity index is 1.79. The molecule has 2 aromatic rings. The number of carbonyl (C=O) groups excluding carboxylic acids is 1. The normalized spacial score (nSPS) is 21.2. The number of hydrogen-bond donors (Lipinski definition) is 1. The van der Waals surface area contributed by atoms with Crippen LogP contribution in [0.25, 0.3) is 10.9 Å². The maximum absolute atomic E-state index is 14.5. The molecular formula is C15H13FN4O. The van der Waals surface area contributed by atoms with Crippen LogP contribution in [0.15, 0.2) is 36.5 Å². The van der Waals surface area contributed by atoms with Gasteiger partial charge in [0.15, 0.2) is 6.19 Å². The van der Waals surface area contributed by atoms with Gasteiger partial charge in [0.2, 0.25) is 5.67 Å². The minimum absolute atomic E-state index is 0.0293. The molecular weight excluding hydrogens is 271 g/mol. The standard InChI is InChI=1S/C15H13FN4O/c16-15(5-7-20(9-15)10-17)14(21)19-12-3-4-13-11(8-12)2-1-6-18-13/h1-4,6,8H,5,7,9H2,(H,19,21). The van der Waals surface area contributed by atoms with Crippen molar-refractivity contribution < 1.29 is 9.18 Å². The number of carbonyl (C=O) groups is 1. The second-order valence-corrected chi connectivity index (χ2v) is 5.10. The Labute approximate surface area is 121 Å². The molecule has 1 amide bonds. The lowest BCUT2D eigenvalue weighted by Gasteiger charge is -2.18. The molecule has 0 radical (unpaired) electrons. The number of hydrogen-bond acceptors (Lipinski definition) is 4. The van der Waals surface area contributed by atoms with Crippen LogP contribution in [0.2, 0.25) is 0 Å². The second-order valence-electron chi connectivity index (χ2n) is 5.10. The Kier molecular flexibility index (Phi) is 3.18. The lowest BCUT2D eigenvalue weighted by atomic mass is 10.0. The molecule has 21 heavy (non-hydrogen) atoms. The van der Waals surface area contributed by atoms with Crippen molar-refractivity contribution in [2.45, 2.75) is 12.1 Å². The van der Waals surface area contributed by atoms with Gasteiger partial charge in [-0.2, -0.15) is 5.26 Å². The van der Waals surface area contributed by atoms with E-state index in [4.69, 9.17) is 5.26 Å². The van der Waals surface area contributed by atoms with E-state index in [1.807, 2.05) is 12.3 Å². The fraction of sp³-hybridized carbons (Fsp3) is 0.267. The van der Waals surface area contributed by atoms with Gasteiger partial charge in [0.25, 0.3) is 5.91 Å². The van der Waals surface area contributed by atoms with Crippen LogP contribution in [0, 0.1) is 11.5 Å². The third-order valence-electron chi connectivity index (χ3n) is 3.63. The molecule has 2 heterocycles. The van der Waals surface area contributed by atoms with E-state index < -0.39 is 11.6 Å². The molecule has 0 spiro atoms. The summed E-state index contributed by atoms with van der Waals surface area (Å²) in [5, 5.41) is 12.2. The molecule has 0 saturated carbocycles. The maximum atomic E-state index is 14.5. The van der Waals surface area contributed by atoms with E-state index in [1.165, 1.54) is 4.90 Å². The van der Waals surface area contributed by atoms with Crippen molar-refractivity contribution in [3.63, 3.8) is 0 Å². The molecule has 1 aliphatic rings. The van der Waals surface area contributed by atoms with E-state index in [0.29, 0.717) is 5.69 Å². The minimum atomic E-state index is -2.01. The lowest BCUT2D eigenvalue weighted by molar-refractivity contribution is -0.126. The molecule has 1 aromatic heterocycles. The quantitative estimate of drug-likeness (QED) is 0.857. The Hall–Kier alpha value is -2.68. The number of fused-ring (bicyclic) bond motifs is 1. The summed E-state index contributed by atoms with van der Waals surface area (Å²) in [6.45, 7) is 0.0759. The van der Waals surface area contributed by atoms with E-state index in [1.54, 1.807) is 30.5 Å². The van der Waals surface area contributed by atoms with E-state index in [-0.39, 0.29) is 19.5 Å². The first-order valence-electron chi connectivity index (χ1n) is 6.61. The fourth-order valence-corrected chi connectivity index (χ4v) is 2.44. The molecule has 1 aromatic carbocycles. The van der Waals surface area contributed by atoms with Gasteiger partial charge in [-0.3, -0.25) is 9.78 Å². The zero-order chi connectivity index (χ0) is 14.9. The van der Waals surface area contributed by atoms with Gasteiger partial charge >= 0.3 is 0 Å². The van der Waals surface area contributed by atoms with Crippen LogP contribution < -0.4 is 5.32 Å². The van der Waals surface area contributed by atoms with E-state index in [9.17, 15) is 9.18 Å². The number of anilines is 1. The van der Waals surface area contributed by atoms with Gasteiger partial charge in [0.1, 0.15) is 0 Å². The molecule has 1 saturated heterocycles. The topological polar surface area (TPSA) is 69.0 Å². The summed E-state index contributed by atoms with van der Waals surface area (Å²) >= 11 is 0. The summed E-state index contributed by atoms with van der Waals surface area (Å²) in [5.74, 6) is -0.705. The van der Waals surface area contributed by atoms with Gasteiger partial charge in [-0.05, 0) is 24.3 Å². The van der Waals surface area contributed by atoms with Crippen molar-refractivity contribution in [3.8, 4) is 6.19 Å². The molecule has 1 fully saturated rings. The summed E-state index contributed by atoms with van der Waals surface area (Å²) in [5.41, 5.74) is -0.686. The van der Waals surface area contributed by atoms with E-state index in [2.05, 4.69) is 10.3 Å². The highest BCUT2D eigenvalue weighted by Gasteiger charge is 2.45. The van der Waals surface area contributed by atoms with Crippen LogP contribution in [0.4, 0.5) is 10.1 Å². The zero-order valence-electron chi connectivity index (χ0n) is 11.2. The number of halogens is 1. The predicted molar refractivity (Wildman–Crippen MR) is 76.0 cm³/mol. The number of pyridine rings is 1. The van der Waals surface area contributed by atoms with Gasteiger partial charge < -0.3 is 10.2 Å². The molecule has 0 aliphatic carbocycles. The summed E-state index contributed by atoms with van der Waals surface area (Å²) in [6, 6.07) is 8.88. The number of nitriles is 1. The predicted octanol–water partition coefficient (Wildman–Crippen LogP) is 2.07. The summed E-state index contributed by atoms with van der Waals surface area (Å²) in [4.78, 5) is 17.5. The van der Waals surface area contributed by atoms with Crippen molar-refractivity contribution in [2.75, 3.05) is 18.4 Å². The first-order valence-corrected chi connectivity index (χ1v) is 6.61. The number of nitrogens with one attached hydrogen (secondary N) is 1. The molecule has 1 atom stereocenters. The Bertz CT molecular complexity index is 742. The number of rotatable bonds is 2. The van der Waals surface area contributed by atoms with Crippen LogP contribution in [0.3, 0.4) is 0 Å². The monoisotopic (exact) mass is 284 g/mol. The highest BCUT2D eigenvalue weighted by atomic mass is 19.1. The molecule has 1 N–H and O–H groups in total. The third-order valence-corrected chi connectivity index (χ3v) is 3.63. The average Bonchev–Trinajstić information content (AvgIpc) is 2.90. The van der Waals surface area contributed by atoms with Crippen molar-refractivity contribution in [1.82, 2.24) is 9.88 Å². The maximum Gasteiger partial charge on any atom is 0.264 e. The van der Waals surface area contributed by atoms with E-state index >= 15 is 0 Å². The van der Waals surface area contributed by atoms with Crippen LogP contribution in [0.5, 0.6) is 0 Å². The smallest absolute Gasteiger partial charge is 0.264 e. The van der Waals surface area contributed by atoms with Crippen LogP contribution >= 0.6 is 0 Å². The van der Waals surface area contributed by atoms with Gasteiger partial charge in [-0.15, -0.1) is 0 Å². The molecule has 1 unspecified atom stereocenters. The van der Waals surface area contributed by atoms with Gasteiger partial charge in [0, 0.05) is 30.2 Å². The van der Waals surface area contributed by atoms with Crippen LogP contribution in [-0.4, -0.2) is 34.5 Å². The van der Waals surface area contributed by atoms with Crippen molar-refractivity contribution in [3.05, 3.63) is 36.5 Å². The fourth-order valence-electron chi connectivity index (χ4n) is 2.44. The van der Waals surface area contributed by atoms with Crippen molar-refractivity contribution >= 4 is 22.5 Å². The Morgan fingerprint density at radius 1 is 1.48 bits per heavy atom. The largest absolute Gasteiger partial charge is 0.323 e. The number of benzene rings is 1. The number of alkyl halides is 1. The van der Waals surface area contributed by atoms with Crippen LogP contribution in [-0.2, 0) is 4.79 Å². The highest BCUT2D eigenvalue weighted by Crippen LogP contribution is 2.27. The molecule has 3 rings (SSSR count). The van der Waals surface area contributed by atoms with Gasteiger partial charge in [0.05, 0.1) is 12.1 Å². The van der Waals surface area contributed by atoms with Gasteiger partial charge in [-0.25, -0.2) is 4.39 Å². The number of likely N-dealkylation sites (tertiary alicyclic amines) is 1. The molecule has 106 valence electrons. The Morgan fingerprint density at radius 2 is 2.33 bits per heavy atom. The SMILES string of the molecule is N#CN1CCC(F)(C(=O)Nc2ccc3ncccc3c2)C1. The molecule has 5 nitrogen and oxygen atoms in total. The first-order chi connectivity index (χ1) is 10.1. The van der Waals surface area contributed by atoms with Crippen molar-refractivity contribution in [1.29, 1.82) is 5.26 Å². The van der Waals surface area contributed by atoms with Crippen molar-refractivity contribution in [2.24, 2.45) is 0 Å². The highest BCUT2D eigenvalue weighted by molar-refractivity contribution is 5.99. The molecule has 1 aliphatic heterocycles. The minimum Gasteiger partial charge on any atom is -0.323 e. The number of nitrogens with zero attached hydrogens (tertiary/aromatic N) is 3. The first kappa shape index (κ1) is 13.3. The number of aromatic nitrogens is 1. The summed E-state index contributed by atoms with van der Waals surface area (Å²) < 4.78 is 14.5. The second kappa shape index (κ2) is 5.02. The van der Waals surface area contributed by atoms with Gasteiger partial charge in [-0.1, -0.05) is 6.07 Å². The van der Waals surface area contributed by atoms with Crippen LogP contribution in [0.1, 0.15) is 6.42 Å². The average molecular weight is 284 g/mol. The number of amides is 1. The molecule has 6 heteroatoms.